The topological polar surface area (TPSA) is 91.6 Å². The minimum atomic E-state index is -0.382. The number of phenols is 1. The standard InChI is InChI=1S/C22H22N2O4/c1-15(17-9-5-4-6-10-17)22(26)24-18(14-23)11-7-8-16-12-19(27-2)21(25)20(13-16)28-3/h4-13,15,25H,1-3H3,(H,24,26)/b8-7+,18-11+. The Balaban J connectivity index is 2.13. The van der Waals surface area contributed by atoms with Gasteiger partial charge >= 0.3 is 0 Å². The zero-order valence-corrected chi connectivity index (χ0v) is 16.0. The Morgan fingerprint density at radius 3 is 2.32 bits per heavy atom. The lowest BCUT2D eigenvalue weighted by atomic mass is 10.0. The van der Waals surface area contributed by atoms with Crippen LogP contribution in [0.3, 0.4) is 0 Å². The number of benzene rings is 2. The Bertz CT molecular complexity index is 902. The Kier molecular flexibility index (Phi) is 7.23. The second-order valence-corrected chi connectivity index (χ2v) is 5.95. The van der Waals surface area contributed by atoms with Crippen LogP contribution in [0, 0.1) is 11.3 Å². The molecular formula is C22H22N2O4. The summed E-state index contributed by atoms with van der Waals surface area (Å²) in [5, 5.41) is 21.8. The number of aromatic hydroxyl groups is 1. The van der Waals surface area contributed by atoms with Gasteiger partial charge in [0.25, 0.3) is 0 Å². The number of hydrogen-bond donors (Lipinski definition) is 2. The molecule has 1 unspecified atom stereocenters. The molecule has 0 bridgehead atoms. The van der Waals surface area contributed by atoms with Crippen molar-refractivity contribution in [2.75, 3.05) is 14.2 Å². The Morgan fingerprint density at radius 1 is 1.18 bits per heavy atom. The van der Waals surface area contributed by atoms with Crippen molar-refractivity contribution in [2.45, 2.75) is 12.8 Å². The molecule has 0 saturated heterocycles. The number of rotatable bonds is 7. The molecule has 0 aromatic heterocycles. The first-order chi connectivity index (χ1) is 13.5. The van der Waals surface area contributed by atoms with Crippen molar-refractivity contribution in [1.29, 1.82) is 5.26 Å². The van der Waals surface area contributed by atoms with Gasteiger partial charge in [0.2, 0.25) is 11.7 Å². The summed E-state index contributed by atoms with van der Waals surface area (Å²) < 4.78 is 10.2. The smallest absolute Gasteiger partial charge is 0.232 e. The van der Waals surface area contributed by atoms with Crippen LogP contribution in [0.4, 0.5) is 0 Å². The fourth-order valence-electron chi connectivity index (χ4n) is 2.51. The molecule has 0 aliphatic rings. The van der Waals surface area contributed by atoms with Gasteiger partial charge in [0, 0.05) is 0 Å². The Labute approximate surface area is 164 Å². The van der Waals surface area contributed by atoms with E-state index >= 15 is 0 Å². The molecule has 0 aliphatic heterocycles. The number of amides is 1. The third-order valence-corrected chi connectivity index (χ3v) is 4.12. The molecule has 144 valence electrons. The number of carbonyl (C=O) groups is 1. The number of carbonyl (C=O) groups excluding carboxylic acids is 1. The maximum Gasteiger partial charge on any atom is 0.232 e. The summed E-state index contributed by atoms with van der Waals surface area (Å²) in [4.78, 5) is 12.4. The summed E-state index contributed by atoms with van der Waals surface area (Å²) in [6.07, 6.45) is 4.83. The lowest BCUT2D eigenvalue weighted by Crippen LogP contribution is -2.26. The number of hydrogen-bond acceptors (Lipinski definition) is 5. The average Bonchev–Trinajstić information content (AvgIpc) is 2.73. The molecule has 0 radical (unpaired) electrons. The highest BCUT2D eigenvalue weighted by atomic mass is 16.5. The molecule has 0 fully saturated rings. The van der Waals surface area contributed by atoms with Crippen LogP contribution in [0.5, 0.6) is 17.2 Å². The van der Waals surface area contributed by atoms with Crippen molar-refractivity contribution in [3.05, 3.63) is 71.4 Å². The van der Waals surface area contributed by atoms with Gasteiger partial charge in [0.1, 0.15) is 11.8 Å². The Hall–Kier alpha value is -3.72. The molecule has 0 heterocycles. The second kappa shape index (κ2) is 9.83. The minimum Gasteiger partial charge on any atom is -0.502 e. The highest BCUT2D eigenvalue weighted by Crippen LogP contribution is 2.37. The van der Waals surface area contributed by atoms with E-state index in [9.17, 15) is 15.2 Å². The number of methoxy groups -OCH3 is 2. The summed E-state index contributed by atoms with van der Waals surface area (Å²) in [6, 6.07) is 14.6. The van der Waals surface area contributed by atoms with Crippen molar-refractivity contribution in [1.82, 2.24) is 5.32 Å². The molecule has 2 N–H and O–H groups in total. The number of ether oxygens (including phenoxy) is 2. The monoisotopic (exact) mass is 378 g/mol. The highest BCUT2D eigenvalue weighted by Gasteiger charge is 2.15. The van der Waals surface area contributed by atoms with Crippen molar-refractivity contribution in [3.8, 4) is 23.3 Å². The first kappa shape index (κ1) is 20.6. The minimum absolute atomic E-state index is 0.0856. The number of nitriles is 1. The summed E-state index contributed by atoms with van der Waals surface area (Å²) in [6.45, 7) is 1.78. The first-order valence-corrected chi connectivity index (χ1v) is 8.59. The quantitative estimate of drug-likeness (QED) is 0.565. The van der Waals surface area contributed by atoms with E-state index in [1.54, 1.807) is 31.2 Å². The molecular weight excluding hydrogens is 356 g/mol. The van der Waals surface area contributed by atoms with Crippen molar-refractivity contribution < 1.29 is 19.4 Å². The highest BCUT2D eigenvalue weighted by molar-refractivity contribution is 5.85. The number of phenolic OH excluding ortho intramolecular Hbond substituents is 1. The van der Waals surface area contributed by atoms with Gasteiger partial charge in [0.05, 0.1) is 20.1 Å². The van der Waals surface area contributed by atoms with E-state index in [0.29, 0.717) is 5.56 Å². The third kappa shape index (κ3) is 5.15. The molecule has 2 aromatic rings. The van der Waals surface area contributed by atoms with Gasteiger partial charge in [-0.15, -0.1) is 0 Å². The first-order valence-electron chi connectivity index (χ1n) is 8.59. The molecule has 6 nitrogen and oxygen atoms in total. The van der Waals surface area contributed by atoms with Crippen molar-refractivity contribution >= 4 is 12.0 Å². The van der Waals surface area contributed by atoms with Gasteiger partial charge in [0.15, 0.2) is 11.5 Å². The fraction of sp³-hybridized carbons (Fsp3) is 0.182. The summed E-state index contributed by atoms with van der Waals surface area (Å²) in [5.41, 5.74) is 1.70. The number of allylic oxidation sites excluding steroid dienone is 3. The normalized spacial score (nSPS) is 12.3. The lowest BCUT2D eigenvalue weighted by Gasteiger charge is -2.11. The van der Waals surface area contributed by atoms with Crippen molar-refractivity contribution in [3.63, 3.8) is 0 Å². The van der Waals surface area contributed by atoms with E-state index in [-0.39, 0.29) is 34.8 Å². The van der Waals surface area contributed by atoms with Gasteiger partial charge in [-0.3, -0.25) is 4.79 Å². The van der Waals surface area contributed by atoms with E-state index < -0.39 is 0 Å². The molecule has 0 aliphatic carbocycles. The van der Waals surface area contributed by atoms with Gasteiger partial charge in [-0.2, -0.15) is 5.26 Å². The predicted molar refractivity (Wildman–Crippen MR) is 107 cm³/mol. The van der Waals surface area contributed by atoms with Crippen LogP contribution >= 0.6 is 0 Å². The van der Waals surface area contributed by atoms with Crippen LogP contribution in [0.25, 0.3) is 6.08 Å². The van der Waals surface area contributed by atoms with E-state index in [1.165, 1.54) is 20.3 Å². The maximum atomic E-state index is 12.4. The second-order valence-electron chi connectivity index (χ2n) is 5.95. The van der Waals surface area contributed by atoms with E-state index in [0.717, 1.165) is 5.56 Å². The van der Waals surface area contributed by atoms with Crippen LogP contribution in [-0.2, 0) is 4.79 Å². The molecule has 0 spiro atoms. The molecule has 28 heavy (non-hydrogen) atoms. The summed E-state index contributed by atoms with van der Waals surface area (Å²) >= 11 is 0. The van der Waals surface area contributed by atoms with Crippen LogP contribution in [0.1, 0.15) is 24.0 Å². The van der Waals surface area contributed by atoms with Crippen LogP contribution in [0.2, 0.25) is 0 Å². The van der Waals surface area contributed by atoms with Crippen molar-refractivity contribution in [2.24, 2.45) is 0 Å². The predicted octanol–water partition coefficient (Wildman–Crippen LogP) is 3.75. The molecule has 0 saturated carbocycles. The molecule has 2 aromatic carbocycles. The van der Waals surface area contributed by atoms with Gasteiger partial charge in [-0.05, 0) is 36.3 Å². The zero-order chi connectivity index (χ0) is 20.5. The molecule has 6 heteroatoms. The van der Waals surface area contributed by atoms with Crippen LogP contribution in [-0.4, -0.2) is 25.2 Å². The van der Waals surface area contributed by atoms with Gasteiger partial charge < -0.3 is 19.9 Å². The SMILES string of the molecule is COc1cc(/C=C/C=C(\C#N)NC(=O)C(C)c2ccccc2)cc(OC)c1O. The third-order valence-electron chi connectivity index (χ3n) is 4.12. The number of nitrogens with zero attached hydrogens (tertiary/aromatic N) is 1. The van der Waals surface area contributed by atoms with E-state index in [1.807, 2.05) is 36.4 Å². The average molecular weight is 378 g/mol. The van der Waals surface area contributed by atoms with E-state index in [2.05, 4.69) is 5.32 Å². The van der Waals surface area contributed by atoms with Crippen LogP contribution < -0.4 is 14.8 Å². The molecule has 1 atom stereocenters. The largest absolute Gasteiger partial charge is 0.502 e. The van der Waals surface area contributed by atoms with Gasteiger partial charge in [-0.1, -0.05) is 42.5 Å². The van der Waals surface area contributed by atoms with Crippen LogP contribution in [0.15, 0.2) is 60.3 Å². The number of nitrogens with one attached hydrogen (secondary N) is 1. The van der Waals surface area contributed by atoms with E-state index in [4.69, 9.17) is 9.47 Å². The zero-order valence-electron chi connectivity index (χ0n) is 16.0. The maximum absolute atomic E-state index is 12.4. The summed E-state index contributed by atoms with van der Waals surface area (Å²) in [5.74, 6) is -0.188. The fourth-order valence-corrected chi connectivity index (χ4v) is 2.51. The Morgan fingerprint density at radius 2 is 1.79 bits per heavy atom. The summed E-state index contributed by atoms with van der Waals surface area (Å²) in [7, 11) is 2.89. The van der Waals surface area contributed by atoms with Gasteiger partial charge in [-0.25, -0.2) is 0 Å². The molecule has 2 rings (SSSR count). The lowest BCUT2D eigenvalue weighted by molar-refractivity contribution is -0.121. The molecule has 1 amide bonds.